The number of hydrogen-bond donors (Lipinski definition) is 1. The molecular formula is C15H20BrN3O2. The van der Waals surface area contributed by atoms with Gasteiger partial charge in [0.1, 0.15) is 0 Å². The Labute approximate surface area is 133 Å². The van der Waals surface area contributed by atoms with Crippen LogP contribution in [0.3, 0.4) is 0 Å². The van der Waals surface area contributed by atoms with E-state index in [1.165, 1.54) is 0 Å². The van der Waals surface area contributed by atoms with E-state index in [0.717, 1.165) is 17.4 Å². The highest BCUT2D eigenvalue weighted by atomic mass is 79.9. The highest BCUT2D eigenvalue weighted by molar-refractivity contribution is 9.10. The summed E-state index contributed by atoms with van der Waals surface area (Å²) >= 11 is 3.34. The van der Waals surface area contributed by atoms with Crippen molar-refractivity contribution in [1.82, 2.24) is 9.80 Å². The van der Waals surface area contributed by atoms with Crippen LogP contribution in [0.5, 0.6) is 0 Å². The quantitative estimate of drug-likeness (QED) is 0.828. The molecule has 1 heterocycles. The van der Waals surface area contributed by atoms with Crippen molar-refractivity contribution in [3.63, 3.8) is 0 Å². The molecule has 2 N–H and O–H groups in total. The first-order valence-corrected chi connectivity index (χ1v) is 7.94. The first-order chi connectivity index (χ1) is 10.0. The second kappa shape index (κ2) is 6.93. The number of rotatable bonds is 2. The highest BCUT2D eigenvalue weighted by Gasteiger charge is 2.22. The van der Waals surface area contributed by atoms with Crippen LogP contribution in [0.2, 0.25) is 0 Å². The number of nitrogens with zero attached hydrogens (tertiary/aromatic N) is 2. The van der Waals surface area contributed by atoms with Crippen LogP contribution in [-0.4, -0.2) is 47.8 Å². The standard InChI is InChI=1S/C15H20BrN3O2/c1-2-14(20)18-6-3-7-19(9-8-18)15(21)11-4-5-13(17)12(16)10-11/h4-5,10H,2-3,6-9,17H2,1H3. The molecular weight excluding hydrogens is 334 g/mol. The van der Waals surface area contributed by atoms with Gasteiger partial charge in [-0.1, -0.05) is 6.92 Å². The predicted octanol–water partition coefficient (Wildman–Crippen LogP) is 2.12. The van der Waals surface area contributed by atoms with Crippen LogP contribution in [0, 0.1) is 0 Å². The second-order valence-electron chi connectivity index (χ2n) is 5.12. The van der Waals surface area contributed by atoms with Crippen molar-refractivity contribution in [1.29, 1.82) is 0 Å². The zero-order chi connectivity index (χ0) is 15.4. The monoisotopic (exact) mass is 353 g/mol. The Bertz CT molecular complexity index is 548. The van der Waals surface area contributed by atoms with E-state index in [9.17, 15) is 9.59 Å². The van der Waals surface area contributed by atoms with Crippen LogP contribution in [-0.2, 0) is 4.79 Å². The summed E-state index contributed by atoms with van der Waals surface area (Å²) in [7, 11) is 0. The molecule has 0 radical (unpaired) electrons. The van der Waals surface area contributed by atoms with Gasteiger partial charge >= 0.3 is 0 Å². The summed E-state index contributed by atoms with van der Waals surface area (Å²) in [6.45, 7) is 4.44. The van der Waals surface area contributed by atoms with Gasteiger partial charge in [-0.05, 0) is 40.5 Å². The number of nitrogen functional groups attached to an aromatic ring is 1. The van der Waals surface area contributed by atoms with Gasteiger partial charge in [0.2, 0.25) is 5.91 Å². The molecule has 0 unspecified atom stereocenters. The van der Waals surface area contributed by atoms with Crippen LogP contribution < -0.4 is 5.73 Å². The molecule has 1 aromatic carbocycles. The molecule has 0 spiro atoms. The van der Waals surface area contributed by atoms with E-state index in [-0.39, 0.29) is 11.8 Å². The molecule has 0 aliphatic carbocycles. The summed E-state index contributed by atoms with van der Waals surface area (Å²) in [5.41, 5.74) is 6.97. The van der Waals surface area contributed by atoms with Crippen LogP contribution in [0.1, 0.15) is 30.1 Å². The zero-order valence-corrected chi connectivity index (χ0v) is 13.7. The summed E-state index contributed by atoms with van der Waals surface area (Å²) in [5.74, 6) is 0.140. The van der Waals surface area contributed by atoms with E-state index in [2.05, 4.69) is 15.9 Å². The van der Waals surface area contributed by atoms with Gasteiger partial charge in [0.15, 0.2) is 0 Å². The van der Waals surface area contributed by atoms with Gasteiger partial charge in [0, 0.05) is 48.3 Å². The molecule has 1 fully saturated rings. The van der Waals surface area contributed by atoms with Crippen molar-refractivity contribution < 1.29 is 9.59 Å². The summed E-state index contributed by atoms with van der Waals surface area (Å²) in [4.78, 5) is 27.9. The topological polar surface area (TPSA) is 66.6 Å². The fourth-order valence-corrected chi connectivity index (χ4v) is 2.82. The zero-order valence-electron chi connectivity index (χ0n) is 12.1. The first kappa shape index (κ1) is 15.8. The largest absolute Gasteiger partial charge is 0.398 e. The number of nitrogens with two attached hydrogens (primary N) is 1. The third-order valence-electron chi connectivity index (χ3n) is 3.69. The molecule has 0 aromatic heterocycles. The van der Waals surface area contributed by atoms with Crippen LogP contribution in [0.4, 0.5) is 5.69 Å². The van der Waals surface area contributed by atoms with E-state index in [4.69, 9.17) is 5.73 Å². The van der Waals surface area contributed by atoms with Crippen molar-refractivity contribution in [3.05, 3.63) is 28.2 Å². The van der Waals surface area contributed by atoms with Crippen molar-refractivity contribution in [2.75, 3.05) is 31.9 Å². The van der Waals surface area contributed by atoms with Crippen LogP contribution in [0.15, 0.2) is 22.7 Å². The summed E-state index contributed by atoms with van der Waals surface area (Å²) in [6.07, 6.45) is 1.33. The smallest absolute Gasteiger partial charge is 0.253 e. The molecule has 6 heteroatoms. The van der Waals surface area contributed by atoms with Crippen molar-refractivity contribution in [2.24, 2.45) is 0 Å². The number of carbonyl (C=O) groups excluding carboxylic acids is 2. The maximum absolute atomic E-state index is 12.5. The average Bonchev–Trinajstić information content (AvgIpc) is 2.74. The van der Waals surface area contributed by atoms with Gasteiger partial charge in [0.25, 0.3) is 5.91 Å². The maximum atomic E-state index is 12.5. The van der Waals surface area contributed by atoms with Gasteiger partial charge in [-0.3, -0.25) is 9.59 Å². The van der Waals surface area contributed by atoms with Gasteiger partial charge in [-0.25, -0.2) is 0 Å². The van der Waals surface area contributed by atoms with Gasteiger partial charge in [-0.15, -0.1) is 0 Å². The summed E-state index contributed by atoms with van der Waals surface area (Å²) in [5, 5.41) is 0. The Hall–Kier alpha value is -1.56. The Morgan fingerprint density at radius 1 is 1.19 bits per heavy atom. The molecule has 5 nitrogen and oxygen atoms in total. The predicted molar refractivity (Wildman–Crippen MR) is 85.9 cm³/mol. The Morgan fingerprint density at radius 2 is 1.86 bits per heavy atom. The highest BCUT2D eigenvalue weighted by Crippen LogP contribution is 2.21. The molecule has 2 amide bonds. The normalized spacial score (nSPS) is 15.7. The van der Waals surface area contributed by atoms with E-state index in [1.807, 2.05) is 11.8 Å². The Balaban J connectivity index is 2.06. The van der Waals surface area contributed by atoms with Crippen molar-refractivity contribution >= 4 is 33.4 Å². The summed E-state index contributed by atoms with van der Waals surface area (Å²) < 4.78 is 0.728. The van der Waals surface area contributed by atoms with Gasteiger partial charge < -0.3 is 15.5 Å². The minimum Gasteiger partial charge on any atom is -0.398 e. The number of amides is 2. The number of hydrogen-bond acceptors (Lipinski definition) is 3. The van der Waals surface area contributed by atoms with Gasteiger partial charge in [0.05, 0.1) is 0 Å². The lowest BCUT2D eigenvalue weighted by molar-refractivity contribution is -0.130. The lowest BCUT2D eigenvalue weighted by atomic mass is 10.2. The number of carbonyl (C=O) groups is 2. The maximum Gasteiger partial charge on any atom is 0.253 e. The van der Waals surface area contributed by atoms with E-state index in [1.54, 1.807) is 23.1 Å². The Kier molecular flexibility index (Phi) is 5.22. The number of anilines is 1. The second-order valence-corrected chi connectivity index (χ2v) is 5.97. The third kappa shape index (κ3) is 3.75. The Morgan fingerprint density at radius 3 is 2.52 bits per heavy atom. The molecule has 1 aromatic rings. The molecule has 21 heavy (non-hydrogen) atoms. The van der Waals surface area contributed by atoms with E-state index >= 15 is 0 Å². The third-order valence-corrected chi connectivity index (χ3v) is 4.37. The summed E-state index contributed by atoms with van der Waals surface area (Å²) in [6, 6.07) is 5.21. The molecule has 1 aliphatic rings. The molecule has 1 aliphatic heterocycles. The van der Waals surface area contributed by atoms with E-state index in [0.29, 0.717) is 37.3 Å². The lowest BCUT2D eigenvalue weighted by Gasteiger charge is -2.22. The minimum atomic E-state index is -0.0125. The van der Waals surface area contributed by atoms with Gasteiger partial charge in [-0.2, -0.15) is 0 Å². The number of halogens is 1. The van der Waals surface area contributed by atoms with Crippen molar-refractivity contribution in [3.8, 4) is 0 Å². The molecule has 0 saturated carbocycles. The molecule has 0 bridgehead atoms. The van der Waals surface area contributed by atoms with E-state index < -0.39 is 0 Å². The lowest BCUT2D eigenvalue weighted by Crippen LogP contribution is -2.37. The molecule has 2 rings (SSSR count). The van der Waals surface area contributed by atoms with Crippen LogP contribution in [0.25, 0.3) is 0 Å². The number of benzene rings is 1. The first-order valence-electron chi connectivity index (χ1n) is 7.15. The van der Waals surface area contributed by atoms with Crippen LogP contribution >= 0.6 is 15.9 Å². The fourth-order valence-electron chi connectivity index (χ4n) is 2.44. The van der Waals surface area contributed by atoms with Crippen molar-refractivity contribution in [2.45, 2.75) is 19.8 Å². The average molecular weight is 354 g/mol. The minimum absolute atomic E-state index is 0.0125. The molecule has 114 valence electrons. The fraction of sp³-hybridized carbons (Fsp3) is 0.467. The SMILES string of the molecule is CCC(=O)N1CCCN(C(=O)c2ccc(N)c(Br)c2)CC1. The molecule has 1 saturated heterocycles. The molecule has 0 atom stereocenters.